The molecule has 0 radical (unpaired) electrons. The molecule has 0 saturated heterocycles. The fourth-order valence-corrected chi connectivity index (χ4v) is 6.46. The topological polar surface area (TPSA) is 157 Å². The van der Waals surface area contributed by atoms with Crippen LogP contribution in [-0.4, -0.2) is 63.8 Å². The summed E-state index contributed by atoms with van der Waals surface area (Å²) in [6.45, 7) is 0. The number of nitrogens with zero attached hydrogens (tertiary/aromatic N) is 4. The van der Waals surface area contributed by atoms with Gasteiger partial charge in [0.2, 0.25) is 0 Å². The van der Waals surface area contributed by atoms with Crippen molar-refractivity contribution in [2.75, 3.05) is 0 Å². The molecule has 2 aromatic heterocycles. The molecule has 0 saturated carbocycles. The maximum absolute atomic E-state index is 12.2. The summed E-state index contributed by atoms with van der Waals surface area (Å²) < 4.78 is 19.9. The molecule has 12 nitrogen and oxygen atoms in total. The van der Waals surface area contributed by atoms with E-state index in [4.69, 9.17) is 12.3 Å². The Hall–Kier alpha value is -3.16. The van der Waals surface area contributed by atoms with Gasteiger partial charge >= 0.3 is 143 Å². The van der Waals surface area contributed by atoms with Crippen molar-refractivity contribution in [1.29, 1.82) is 0 Å². The van der Waals surface area contributed by atoms with Crippen LogP contribution >= 0.6 is 0 Å². The molecule has 0 N–H and O–H groups in total. The molecule has 0 aromatic carbocycles. The summed E-state index contributed by atoms with van der Waals surface area (Å²) in [7, 11) is 0. The van der Waals surface area contributed by atoms with Gasteiger partial charge in [-0.25, -0.2) is 0 Å². The predicted octanol–water partition coefficient (Wildman–Crippen LogP) is -0.943. The molecular weight excluding hydrogens is 447 g/mol. The minimum atomic E-state index is -5.79. The molecule has 2 aliphatic heterocycles. The zero-order valence-corrected chi connectivity index (χ0v) is 14.7. The average Bonchev–Trinajstić information content (AvgIpc) is 2.76. The van der Waals surface area contributed by atoms with Gasteiger partial charge in [0.05, 0.1) is 0 Å². The molecule has 0 fully saturated rings. The first-order chi connectivity index (χ1) is 12.0. The van der Waals surface area contributed by atoms with E-state index in [-0.39, 0.29) is 0 Å². The Morgan fingerprint density at radius 1 is 0.520 bits per heavy atom. The molecule has 0 aliphatic carbocycles. The second-order valence-electron chi connectivity index (χ2n) is 4.57. The van der Waals surface area contributed by atoms with Crippen LogP contribution in [0.1, 0.15) is 42.0 Å². The fraction of sp³-hybridized carbons (Fsp3) is 0. The van der Waals surface area contributed by atoms with Gasteiger partial charge in [0, 0.05) is 0 Å². The Kier molecular flexibility index (Phi) is 3.34. The van der Waals surface area contributed by atoms with E-state index in [1.54, 1.807) is 0 Å². The number of fused-ring (bicyclic) bond motifs is 2. The van der Waals surface area contributed by atoms with Crippen molar-refractivity contribution in [2.45, 2.75) is 0 Å². The number of rotatable bonds is 0. The summed E-state index contributed by atoms with van der Waals surface area (Å²) in [4.78, 5) is 63.5. The van der Waals surface area contributed by atoms with Crippen LogP contribution in [0.5, 0.6) is 0 Å². The molecule has 4 rings (SSSR count). The van der Waals surface area contributed by atoms with Crippen LogP contribution in [0, 0.1) is 0 Å². The van der Waals surface area contributed by atoms with E-state index in [0.717, 1.165) is 24.8 Å². The zero-order chi connectivity index (χ0) is 17.6. The van der Waals surface area contributed by atoms with E-state index in [1.165, 1.54) is 0 Å². The number of carbonyl (C=O) groups excluding carboxylic acids is 4. The van der Waals surface area contributed by atoms with Crippen LogP contribution in [0.15, 0.2) is 24.8 Å². The first-order valence-corrected chi connectivity index (χ1v) is 11.2. The maximum atomic E-state index is 12.2. The number of hydrogen-bond donors (Lipinski definition) is 0. The molecule has 2 aliphatic rings. The van der Waals surface area contributed by atoms with Gasteiger partial charge in [-0.2, -0.15) is 0 Å². The van der Waals surface area contributed by atoms with Gasteiger partial charge in [0.25, 0.3) is 0 Å². The number of carbonyl (C=O) groups is 4. The summed E-state index contributed by atoms with van der Waals surface area (Å²) in [6.07, 6.45) is 4.59. The standard InChI is InChI=1S/2C6H4N2O4.Sn/c2*9-5(10)3-4(6(11)12)8-2-1-7-3;/h2*1-2H,(H,9,10)(H,11,12);/q;;+4/p-4. The van der Waals surface area contributed by atoms with Crippen LogP contribution in [0.25, 0.3) is 0 Å². The SMILES string of the molecule is O=C1[O][Sn]2([O]C(=O)c3nccnc31)[O]C(=O)c1nccnc1C(=O)[O]2. The minimum absolute atomic E-state index is 0.453. The third-order valence-electron chi connectivity index (χ3n) is 3.04. The summed E-state index contributed by atoms with van der Waals surface area (Å²) >= 11 is -5.79. The third-order valence-corrected chi connectivity index (χ3v) is 8.01. The van der Waals surface area contributed by atoms with E-state index in [1.807, 2.05) is 0 Å². The van der Waals surface area contributed by atoms with Gasteiger partial charge in [-0.1, -0.05) is 0 Å². The van der Waals surface area contributed by atoms with Gasteiger partial charge in [-0.15, -0.1) is 0 Å². The van der Waals surface area contributed by atoms with E-state index < -0.39 is 66.7 Å². The third kappa shape index (κ3) is 2.46. The van der Waals surface area contributed by atoms with E-state index in [0.29, 0.717) is 0 Å². The Labute approximate surface area is 143 Å². The molecule has 0 amide bonds. The van der Waals surface area contributed by atoms with E-state index >= 15 is 0 Å². The van der Waals surface area contributed by atoms with Gasteiger partial charge in [0.1, 0.15) is 0 Å². The number of aromatic nitrogens is 4. The van der Waals surface area contributed by atoms with Gasteiger partial charge < -0.3 is 0 Å². The summed E-state index contributed by atoms with van der Waals surface area (Å²) in [5, 5.41) is 0. The normalized spacial score (nSPS) is 17.9. The van der Waals surface area contributed by atoms with Crippen molar-refractivity contribution in [3.05, 3.63) is 47.6 Å². The van der Waals surface area contributed by atoms with Gasteiger partial charge in [-0.3, -0.25) is 0 Å². The quantitative estimate of drug-likeness (QED) is 0.454. The first-order valence-electron chi connectivity index (χ1n) is 6.54. The summed E-state index contributed by atoms with van der Waals surface area (Å²) in [5.41, 5.74) is -1.81. The molecule has 25 heavy (non-hydrogen) atoms. The van der Waals surface area contributed by atoms with Crippen molar-refractivity contribution in [2.24, 2.45) is 0 Å². The molecule has 124 valence electrons. The fourth-order valence-electron chi connectivity index (χ4n) is 2.05. The van der Waals surface area contributed by atoms with Crippen LogP contribution in [0.2, 0.25) is 0 Å². The second-order valence-corrected chi connectivity index (χ2v) is 9.75. The van der Waals surface area contributed by atoms with Crippen LogP contribution in [0.4, 0.5) is 0 Å². The van der Waals surface area contributed by atoms with Crippen LogP contribution < -0.4 is 0 Å². The summed E-state index contributed by atoms with van der Waals surface area (Å²) in [5.74, 6) is -4.68. The van der Waals surface area contributed by atoms with Crippen molar-refractivity contribution in [1.82, 2.24) is 19.9 Å². The van der Waals surface area contributed by atoms with Crippen molar-refractivity contribution < 1.29 is 31.5 Å². The van der Waals surface area contributed by atoms with Crippen LogP contribution in [0.3, 0.4) is 0 Å². The average molecular weight is 451 g/mol. The second kappa shape index (κ2) is 5.44. The first kappa shape index (κ1) is 15.4. The van der Waals surface area contributed by atoms with E-state index in [2.05, 4.69) is 19.9 Å². The molecule has 13 heteroatoms. The molecule has 0 unspecified atom stereocenters. The summed E-state index contributed by atoms with van der Waals surface area (Å²) in [6, 6.07) is 0. The Bertz CT molecular complexity index is 809. The van der Waals surface area contributed by atoms with Gasteiger partial charge in [-0.05, 0) is 0 Å². The van der Waals surface area contributed by atoms with Gasteiger partial charge in [0.15, 0.2) is 0 Å². The van der Waals surface area contributed by atoms with Crippen molar-refractivity contribution >= 4 is 43.9 Å². The Morgan fingerprint density at radius 3 is 1.00 bits per heavy atom. The molecule has 4 heterocycles. The zero-order valence-electron chi connectivity index (χ0n) is 11.9. The predicted molar refractivity (Wildman–Crippen MR) is 71.5 cm³/mol. The molecule has 0 bridgehead atoms. The van der Waals surface area contributed by atoms with Crippen molar-refractivity contribution in [3.8, 4) is 0 Å². The van der Waals surface area contributed by atoms with Crippen molar-refractivity contribution in [3.63, 3.8) is 0 Å². The molecule has 2 aromatic rings. The monoisotopic (exact) mass is 452 g/mol. The van der Waals surface area contributed by atoms with E-state index in [9.17, 15) is 19.2 Å². The Balaban J connectivity index is 1.79. The molecular formula is C12H4N4O8Sn. The molecule has 1 spiro atoms. The molecule has 0 atom stereocenters. The van der Waals surface area contributed by atoms with Crippen LogP contribution in [-0.2, 0) is 12.3 Å². The Morgan fingerprint density at radius 2 is 0.760 bits per heavy atom. The number of hydrogen-bond acceptors (Lipinski definition) is 12.